The van der Waals surface area contributed by atoms with Crippen LogP contribution in [0.1, 0.15) is 23.4 Å². The number of ether oxygens (including phenoxy) is 3. The Bertz CT molecular complexity index is 862. The van der Waals surface area contributed by atoms with Crippen LogP contribution in [-0.4, -0.2) is 49.5 Å². The van der Waals surface area contributed by atoms with Gasteiger partial charge in [0.15, 0.2) is 11.5 Å². The molecule has 2 aromatic carbocycles. The maximum absolute atomic E-state index is 12.6. The van der Waals surface area contributed by atoms with E-state index in [0.717, 1.165) is 16.9 Å². The molecule has 0 saturated carbocycles. The van der Waals surface area contributed by atoms with Crippen molar-refractivity contribution in [3.63, 3.8) is 0 Å². The lowest BCUT2D eigenvalue weighted by molar-refractivity contribution is -0.141. The fourth-order valence-corrected chi connectivity index (χ4v) is 4.36. The molecule has 1 N–H and O–H groups in total. The van der Waals surface area contributed by atoms with Gasteiger partial charge in [-0.3, -0.25) is 4.79 Å². The lowest BCUT2D eigenvalue weighted by atomic mass is 10.1. The van der Waals surface area contributed by atoms with Gasteiger partial charge in [-0.05, 0) is 30.2 Å². The largest absolute Gasteiger partial charge is 0.493 e. The third-order valence-corrected chi connectivity index (χ3v) is 5.81. The van der Waals surface area contributed by atoms with Crippen LogP contribution in [0.15, 0.2) is 48.5 Å². The van der Waals surface area contributed by atoms with E-state index in [1.807, 2.05) is 48.5 Å². The summed E-state index contributed by atoms with van der Waals surface area (Å²) < 4.78 is 16.3. The van der Waals surface area contributed by atoms with Gasteiger partial charge >= 0.3 is 12.0 Å². The van der Waals surface area contributed by atoms with Crippen molar-refractivity contribution in [2.24, 2.45) is 0 Å². The van der Waals surface area contributed by atoms with Gasteiger partial charge in [0.1, 0.15) is 18.5 Å². The molecular weight excluding hydrogens is 404 g/mol. The highest BCUT2D eigenvalue weighted by Gasteiger charge is 2.31. The minimum Gasteiger partial charge on any atom is -0.493 e. The summed E-state index contributed by atoms with van der Waals surface area (Å²) in [6.45, 7) is 2.88. The number of nitrogens with one attached hydrogen (secondary N) is 1. The van der Waals surface area contributed by atoms with E-state index in [-0.39, 0.29) is 24.6 Å². The highest BCUT2D eigenvalue weighted by Crippen LogP contribution is 2.41. The minimum absolute atomic E-state index is 0.144. The van der Waals surface area contributed by atoms with Crippen molar-refractivity contribution in [2.45, 2.75) is 18.9 Å². The summed E-state index contributed by atoms with van der Waals surface area (Å²) in [6.07, 6.45) is 0. The summed E-state index contributed by atoms with van der Waals surface area (Å²) in [7, 11) is 1.60. The van der Waals surface area contributed by atoms with Crippen LogP contribution in [0.4, 0.5) is 4.79 Å². The molecule has 0 radical (unpaired) electrons. The van der Waals surface area contributed by atoms with Crippen molar-refractivity contribution in [1.82, 2.24) is 10.2 Å². The third-order valence-electron chi connectivity index (χ3n) is 4.55. The van der Waals surface area contributed by atoms with Crippen LogP contribution >= 0.6 is 11.8 Å². The first kappa shape index (κ1) is 21.8. The average molecular weight is 431 g/mol. The number of nitrogens with zero attached hydrogens (tertiary/aromatic N) is 1. The Balaban J connectivity index is 1.70. The number of thioether (sulfide) groups is 1. The SMILES string of the molecule is CCOC(=O)CNC(=O)N1CCSC1c1ccc(OC)c(OCc2ccccc2)c1. The molecule has 3 rings (SSSR count). The highest BCUT2D eigenvalue weighted by atomic mass is 32.2. The number of esters is 1. The van der Waals surface area contributed by atoms with Crippen molar-refractivity contribution < 1.29 is 23.8 Å². The van der Waals surface area contributed by atoms with Gasteiger partial charge < -0.3 is 24.4 Å². The van der Waals surface area contributed by atoms with E-state index >= 15 is 0 Å². The number of benzene rings is 2. The Morgan fingerprint density at radius 1 is 1.17 bits per heavy atom. The second-order valence-corrected chi connectivity index (χ2v) is 7.75. The number of methoxy groups -OCH3 is 1. The first-order valence-electron chi connectivity index (χ1n) is 9.78. The van der Waals surface area contributed by atoms with Crippen LogP contribution in [0.5, 0.6) is 11.5 Å². The molecule has 0 spiro atoms. The number of rotatable bonds is 8. The normalized spacial score (nSPS) is 15.5. The first-order valence-corrected chi connectivity index (χ1v) is 10.8. The Morgan fingerprint density at radius 2 is 1.97 bits per heavy atom. The van der Waals surface area contributed by atoms with E-state index in [0.29, 0.717) is 24.7 Å². The molecule has 1 aliphatic rings. The maximum atomic E-state index is 12.6. The maximum Gasteiger partial charge on any atom is 0.325 e. The van der Waals surface area contributed by atoms with E-state index in [9.17, 15) is 9.59 Å². The van der Waals surface area contributed by atoms with E-state index in [1.54, 1.807) is 30.7 Å². The third kappa shape index (κ3) is 5.60. The summed E-state index contributed by atoms with van der Waals surface area (Å²) in [6, 6.07) is 15.3. The molecule has 8 heteroatoms. The van der Waals surface area contributed by atoms with Crippen LogP contribution in [0, 0.1) is 0 Å². The Labute approximate surface area is 180 Å². The predicted molar refractivity (Wildman–Crippen MR) is 116 cm³/mol. The zero-order valence-electron chi connectivity index (χ0n) is 17.1. The molecule has 1 fully saturated rings. The quantitative estimate of drug-likeness (QED) is 0.645. The monoisotopic (exact) mass is 430 g/mol. The molecule has 7 nitrogen and oxygen atoms in total. The molecular formula is C22H26N2O5S. The van der Waals surface area contributed by atoms with Gasteiger partial charge in [-0.25, -0.2) is 4.79 Å². The zero-order valence-corrected chi connectivity index (χ0v) is 17.9. The van der Waals surface area contributed by atoms with E-state index < -0.39 is 5.97 Å². The van der Waals surface area contributed by atoms with Gasteiger partial charge in [0.25, 0.3) is 0 Å². The van der Waals surface area contributed by atoms with Gasteiger partial charge in [0.2, 0.25) is 0 Å². The van der Waals surface area contributed by atoms with Crippen LogP contribution in [0.2, 0.25) is 0 Å². The fraction of sp³-hybridized carbons (Fsp3) is 0.364. The van der Waals surface area contributed by atoms with Crippen molar-refractivity contribution in [3.05, 3.63) is 59.7 Å². The lowest BCUT2D eigenvalue weighted by Crippen LogP contribution is -2.41. The second-order valence-electron chi connectivity index (χ2n) is 6.56. The molecule has 1 unspecified atom stereocenters. The Morgan fingerprint density at radius 3 is 2.70 bits per heavy atom. The number of hydrogen-bond acceptors (Lipinski definition) is 6. The lowest BCUT2D eigenvalue weighted by Gasteiger charge is -2.25. The standard InChI is InChI=1S/C22H26N2O5S/c1-3-28-20(25)14-23-22(26)24-11-12-30-21(24)17-9-10-18(27-2)19(13-17)29-15-16-7-5-4-6-8-16/h4-10,13,21H,3,11-12,14-15H2,1-2H3,(H,23,26). The van der Waals surface area contributed by atoms with E-state index in [1.165, 1.54) is 0 Å². The molecule has 1 heterocycles. The van der Waals surface area contributed by atoms with Crippen molar-refractivity contribution in [3.8, 4) is 11.5 Å². The summed E-state index contributed by atoms with van der Waals surface area (Å²) in [5.41, 5.74) is 1.99. The molecule has 30 heavy (non-hydrogen) atoms. The smallest absolute Gasteiger partial charge is 0.325 e. The topological polar surface area (TPSA) is 77.1 Å². The summed E-state index contributed by atoms with van der Waals surface area (Å²) in [5, 5.41) is 2.47. The van der Waals surface area contributed by atoms with Gasteiger partial charge in [-0.2, -0.15) is 0 Å². The van der Waals surface area contributed by atoms with Crippen LogP contribution < -0.4 is 14.8 Å². The fourth-order valence-electron chi connectivity index (χ4n) is 3.11. The average Bonchev–Trinajstić information content (AvgIpc) is 3.27. The van der Waals surface area contributed by atoms with Gasteiger partial charge in [-0.15, -0.1) is 11.8 Å². The number of hydrogen-bond donors (Lipinski definition) is 1. The Hall–Kier alpha value is -2.87. The van der Waals surface area contributed by atoms with Gasteiger partial charge in [-0.1, -0.05) is 36.4 Å². The molecule has 0 bridgehead atoms. The Kier molecular flexibility index (Phi) is 7.84. The van der Waals surface area contributed by atoms with E-state index in [4.69, 9.17) is 14.2 Å². The molecule has 0 aromatic heterocycles. The van der Waals surface area contributed by atoms with Gasteiger partial charge in [0.05, 0.1) is 13.7 Å². The number of carbonyl (C=O) groups is 2. The number of urea groups is 1. The van der Waals surface area contributed by atoms with Crippen molar-refractivity contribution in [1.29, 1.82) is 0 Å². The summed E-state index contributed by atoms with van der Waals surface area (Å²) in [4.78, 5) is 25.8. The van der Waals surface area contributed by atoms with Crippen molar-refractivity contribution in [2.75, 3.05) is 32.6 Å². The van der Waals surface area contributed by atoms with Crippen LogP contribution in [0.3, 0.4) is 0 Å². The minimum atomic E-state index is -0.449. The molecule has 1 aliphatic heterocycles. The molecule has 1 atom stereocenters. The molecule has 0 aliphatic carbocycles. The zero-order chi connectivity index (χ0) is 21.3. The first-order chi connectivity index (χ1) is 14.6. The van der Waals surface area contributed by atoms with Crippen LogP contribution in [-0.2, 0) is 16.1 Å². The highest BCUT2D eigenvalue weighted by molar-refractivity contribution is 7.99. The molecule has 2 amide bonds. The predicted octanol–water partition coefficient (Wildman–Crippen LogP) is 3.59. The van der Waals surface area contributed by atoms with Crippen molar-refractivity contribution >= 4 is 23.8 Å². The molecule has 160 valence electrons. The molecule has 2 aromatic rings. The molecule has 1 saturated heterocycles. The van der Waals surface area contributed by atoms with E-state index in [2.05, 4.69) is 5.32 Å². The van der Waals surface area contributed by atoms with Crippen LogP contribution in [0.25, 0.3) is 0 Å². The number of carbonyl (C=O) groups excluding carboxylic acids is 2. The summed E-state index contributed by atoms with van der Waals surface area (Å²) in [5.74, 6) is 1.62. The summed E-state index contributed by atoms with van der Waals surface area (Å²) >= 11 is 1.67. The number of amides is 2. The second kappa shape index (κ2) is 10.8. The van der Waals surface area contributed by atoms with Gasteiger partial charge in [0, 0.05) is 12.3 Å².